The van der Waals surface area contributed by atoms with Crippen molar-refractivity contribution < 1.29 is 29.3 Å². The molecule has 242 valence electrons. The smallest absolute Gasteiger partial charge is 0.306 e. The number of unbranched alkanes of at least 4 members (excludes halogenated alkanes) is 9. The van der Waals surface area contributed by atoms with E-state index < -0.39 is 6.10 Å². The number of aliphatic hydroxyl groups is 2. The van der Waals surface area contributed by atoms with E-state index in [1.54, 1.807) is 0 Å². The molecule has 0 aliphatic carbocycles. The number of carbonyl (C=O) groups is 2. The predicted molar refractivity (Wildman–Crippen MR) is 174 cm³/mol. The van der Waals surface area contributed by atoms with Gasteiger partial charge in [0.1, 0.15) is 6.61 Å². The van der Waals surface area contributed by atoms with Crippen molar-refractivity contribution in [3.63, 3.8) is 0 Å². The Balaban J connectivity index is 3.79. The normalized spacial score (nSPS) is 13.7. The average Bonchev–Trinajstić information content (AvgIpc) is 2.96. The lowest BCUT2D eigenvalue weighted by Crippen LogP contribution is -2.28. The molecule has 0 aromatic rings. The molecule has 0 unspecified atom stereocenters. The number of hydrogen-bond acceptors (Lipinski definition) is 6. The Morgan fingerprint density at radius 3 is 2.02 bits per heavy atom. The zero-order valence-corrected chi connectivity index (χ0v) is 27.0. The summed E-state index contributed by atoms with van der Waals surface area (Å²) in [6.45, 7) is 6.22. The Morgan fingerprint density at radius 2 is 1.33 bits per heavy atom. The summed E-state index contributed by atoms with van der Waals surface area (Å²) in [5.74, 6) is 0.0913. The van der Waals surface area contributed by atoms with Crippen LogP contribution < -0.4 is 0 Å². The molecule has 0 aliphatic heterocycles. The molecule has 0 radical (unpaired) electrons. The minimum absolute atomic E-state index is 0.102. The maximum atomic E-state index is 12.1. The van der Waals surface area contributed by atoms with Crippen LogP contribution in [0.25, 0.3) is 0 Å². The van der Waals surface area contributed by atoms with Crippen molar-refractivity contribution in [2.24, 2.45) is 5.92 Å². The number of rotatable bonds is 28. The summed E-state index contributed by atoms with van der Waals surface area (Å²) in [6, 6.07) is 0. The lowest BCUT2D eigenvalue weighted by Gasteiger charge is -2.15. The molecule has 0 aliphatic rings. The minimum Gasteiger partial charge on any atom is -0.462 e. The van der Waals surface area contributed by atoms with Gasteiger partial charge in [-0.15, -0.1) is 0 Å². The molecule has 0 aromatic heterocycles. The van der Waals surface area contributed by atoms with Gasteiger partial charge < -0.3 is 19.7 Å². The van der Waals surface area contributed by atoms with Crippen LogP contribution in [-0.2, 0) is 19.1 Å². The van der Waals surface area contributed by atoms with Gasteiger partial charge in [0.05, 0.1) is 12.7 Å². The number of allylic oxidation sites excluding steroid dienone is 7. The summed E-state index contributed by atoms with van der Waals surface area (Å²) in [5, 5.41) is 19.3. The maximum Gasteiger partial charge on any atom is 0.306 e. The molecule has 0 heterocycles. The van der Waals surface area contributed by atoms with E-state index in [9.17, 15) is 19.8 Å². The minimum atomic E-state index is -0.812. The molecule has 0 bridgehead atoms. The average molecular weight is 591 g/mol. The van der Waals surface area contributed by atoms with E-state index >= 15 is 0 Å². The van der Waals surface area contributed by atoms with E-state index in [1.165, 1.54) is 38.5 Å². The molecule has 0 saturated carbocycles. The first-order valence-electron chi connectivity index (χ1n) is 16.7. The van der Waals surface area contributed by atoms with Gasteiger partial charge in [0.2, 0.25) is 0 Å². The number of hydrogen-bond donors (Lipinski definition) is 2. The van der Waals surface area contributed by atoms with E-state index in [1.807, 2.05) is 24.3 Å². The van der Waals surface area contributed by atoms with E-state index in [0.717, 1.165) is 63.7 Å². The first kappa shape index (κ1) is 39.8. The SMILES string of the molecule is CCCCC[C@H](O)/C=C/C=C\C/C=C\C/C=C\CCCC(=O)O[C@@H](CO)COC(=O)CCCCCCCCCC(C)C. The van der Waals surface area contributed by atoms with Crippen molar-refractivity contribution in [1.29, 1.82) is 0 Å². The van der Waals surface area contributed by atoms with Crippen molar-refractivity contribution in [3.8, 4) is 0 Å². The van der Waals surface area contributed by atoms with Crippen molar-refractivity contribution in [1.82, 2.24) is 0 Å². The van der Waals surface area contributed by atoms with Crippen LogP contribution in [0.4, 0.5) is 0 Å². The Bertz CT molecular complexity index is 752. The van der Waals surface area contributed by atoms with Gasteiger partial charge >= 0.3 is 11.9 Å². The first-order valence-corrected chi connectivity index (χ1v) is 16.7. The van der Waals surface area contributed by atoms with Crippen LogP contribution >= 0.6 is 0 Å². The topological polar surface area (TPSA) is 93.1 Å². The highest BCUT2D eigenvalue weighted by atomic mass is 16.6. The standard InChI is InChI=1S/C36H62O6/c1-4-5-20-26-33(38)27-22-17-13-9-7-6-8-10-14-19-24-29-36(40)42-34(30-37)31-41-35(39)28-23-18-15-11-12-16-21-25-32(2)3/h6-7,10,13-14,17,22,27,32-34,37-38H,4-5,8-9,11-12,15-16,18-21,23-26,28-31H2,1-3H3/b7-6-,14-10-,17-13-,27-22+/t33-,34-/m0/s1. The fourth-order valence-electron chi connectivity index (χ4n) is 4.31. The van der Waals surface area contributed by atoms with E-state index in [-0.39, 0.29) is 37.7 Å². The Kier molecular flexibility index (Phi) is 28.7. The Morgan fingerprint density at radius 1 is 0.714 bits per heavy atom. The third kappa shape index (κ3) is 29.3. The third-order valence-electron chi connectivity index (χ3n) is 6.91. The van der Waals surface area contributed by atoms with Gasteiger partial charge in [-0.3, -0.25) is 9.59 Å². The van der Waals surface area contributed by atoms with Gasteiger partial charge in [0.25, 0.3) is 0 Å². The fraction of sp³-hybridized carbons (Fsp3) is 0.722. The molecule has 0 aromatic carbocycles. The summed E-state index contributed by atoms with van der Waals surface area (Å²) in [5.41, 5.74) is 0. The van der Waals surface area contributed by atoms with Crippen LogP contribution in [0.15, 0.2) is 48.6 Å². The molecule has 0 fully saturated rings. The van der Waals surface area contributed by atoms with Crippen LogP contribution in [0.3, 0.4) is 0 Å². The number of carbonyl (C=O) groups excluding carboxylic acids is 2. The van der Waals surface area contributed by atoms with Gasteiger partial charge in [-0.25, -0.2) is 0 Å². The van der Waals surface area contributed by atoms with Crippen molar-refractivity contribution in [3.05, 3.63) is 48.6 Å². The van der Waals surface area contributed by atoms with Crippen molar-refractivity contribution in [2.45, 2.75) is 149 Å². The van der Waals surface area contributed by atoms with Gasteiger partial charge in [-0.1, -0.05) is 134 Å². The zero-order valence-electron chi connectivity index (χ0n) is 27.0. The van der Waals surface area contributed by atoms with Crippen LogP contribution in [0.5, 0.6) is 0 Å². The number of aliphatic hydroxyl groups excluding tert-OH is 2. The molecular weight excluding hydrogens is 528 g/mol. The Hall–Kier alpha value is -2.18. The summed E-state index contributed by atoms with van der Waals surface area (Å²) in [4.78, 5) is 24.0. The highest BCUT2D eigenvalue weighted by molar-refractivity contribution is 5.70. The second-order valence-electron chi connectivity index (χ2n) is 11.6. The second kappa shape index (κ2) is 30.3. The summed E-state index contributed by atoms with van der Waals surface area (Å²) < 4.78 is 10.5. The summed E-state index contributed by atoms with van der Waals surface area (Å²) in [7, 11) is 0. The third-order valence-corrected chi connectivity index (χ3v) is 6.91. The highest BCUT2D eigenvalue weighted by Gasteiger charge is 2.15. The molecule has 6 nitrogen and oxygen atoms in total. The fourth-order valence-corrected chi connectivity index (χ4v) is 4.31. The van der Waals surface area contributed by atoms with Gasteiger partial charge in [-0.05, 0) is 44.4 Å². The van der Waals surface area contributed by atoms with E-state index in [2.05, 4.69) is 45.1 Å². The zero-order chi connectivity index (χ0) is 31.1. The number of ether oxygens (including phenoxy) is 2. The second-order valence-corrected chi connectivity index (χ2v) is 11.6. The van der Waals surface area contributed by atoms with Crippen LogP contribution in [0, 0.1) is 5.92 Å². The monoisotopic (exact) mass is 590 g/mol. The van der Waals surface area contributed by atoms with E-state index in [4.69, 9.17) is 9.47 Å². The van der Waals surface area contributed by atoms with Crippen molar-refractivity contribution >= 4 is 11.9 Å². The molecular formula is C36H62O6. The van der Waals surface area contributed by atoms with Crippen LogP contribution in [0.1, 0.15) is 136 Å². The number of esters is 2. The van der Waals surface area contributed by atoms with Crippen LogP contribution in [0.2, 0.25) is 0 Å². The molecule has 0 saturated heterocycles. The van der Waals surface area contributed by atoms with Crippen molar-refractivity contribution in [2.75, 3.05) is 13.2 Å². The quantitative estimate of drug-likeness (QED) is 0.0410. The van der Waals surface area contributed by atoms with E-state index in [0.29, 0.717) is 12.8 Å². The largest absolute Gasteiger partial charge is 0.462 e. The lowest BCUT2D eigenvalue weighted by atomic mass is 10.0. The molecule has 2 atom stereocenters. The summed E-state index contributed by atoms with van der Waals surface area (Å²) >= 11 is 0. The molecule has 42 heavy (non-hydrogen) atoms. The Labute approximate surface area is 257 Å². The maximum absolute atomic E-state index is 12.1. The van der Waals surface area contributed by atoms with Gasteiger partial charge in [0, 0.05) is 12.8 Å². The summed E-state index contributed by atoms with van der Waals surface area (Å²) in [6.07, 6.45) is 32.2. The van der Waals surface area contributed by atoms with Gasteiger partial charge in [-0.2, -0.15) is 0 Å². The lowest BCUT2D eigenvalue weighted by molar-refractivity contribution is -0.161. The van der Waals surface area contributed by atoms with Gasteiger partial charge in [0.15, 0.2) is 6.10 Å². The highest BCUT2D eigenvalue weighted by Crippen LogP contribution is 2.13. The van der Waals surface area contributed by atoms with Crippen LogP contribution in [-0.4, -0.2) is 47.6 Å². The first-order chi connectivity index (χ1) is 20.4. The molecule has 6 heteroatoms. The molecule has 2 N–H and O–H groups in total. The predicted octanol–water partition coefficient (Wildman–Crippen LogP) is 8.72. The molecule has 0 rings (SSSR count). The molecule has 0 spiro atoms. The molecule has 0 amide bonds.